The molecule has 1 aliphatic rings. The second-order valence-corrected chi connectivity index (χ2v) is 9.84. The Morgan fingerprint density at radius 2 is 1.89 bits per heavy atom. The van der Waals surface area contributed by atoms with Crippen molar-refractivity contribution in [3.8, 4) is 5.75 Å². The van der Waals surface area contributed by atoms with E-state index in [0.717, 1.165) is 25.9 Å². The van der Waals surface area contributed by atoms with Gasteiger partial charge in [-0.2, -0.15) is 0 Å². The summed E-state index contributed by atoms with van der Waals surface area (Å²) in [6, 6.07) is 15.9. The molecule has 0 spiro atoms. The summed E-state index contributed by atoms with van der Waals surface area (Å²) in [6.07, 6.45) is 2.06. The van der Waals surface area contributed by atoms with Gasteiger partial charge in [-0.1, -0.05) is 44.2 Å². The molecule has 7 heteroatoms. The van der Waals surface area contributed by atoms with Crippen LogP contribution in [0.1, 0.15) is 49.5 Å². The van der Waals surface area contributed by atoms with Gasteiger partial charge in [0, 0.05) is 58.0 Å². The van der Waals surface area contributed by atoms with Crippen molar-refractivity contribution < 1.29 is 19.1 Å². The highest BCUT2D eigenvalue weighted by atomic mass is 16.5. The number of amides is 2. The van der Waals surface area contributed by atoms with E-state index in [9.17, 15) is 9.59 Å². The molecule has 1 N–H and O–H groups in total. The SMILES string of the molecule is CCCC(=O)Nc1ccc2c(c1)OC[C@@H](C)N(CCc1ccccc1)C[C@H](C)[C@@H](OC)CN(C)C2=O. The molecule has 1 heterocycles. The van der Waals surface area contributed by atoms with Gasteiger partial charge in [0.25, 0.3) is 5.91 Å². The number of nitrogens with one attached hydrogen (secondary N) is 1. The molecule has 0 bridgehead atoms. The second-order valence-electron chi connectivity index (χ2n) is 9.84. The van der Waals surface area contributed by atoms with Gasteiger partial charge in [0.15, 0.2) is 0 Å². The number of anilines is 1. The number of nitrogens with zero attached hydrogens (tertiary/aromatic N) is 2. The molecule has 2 aromatic carbocycles. The molecule has 196 valence electrons. The van der Waals surface area contributed by atoms with E-state index in [1.54, 1.807) is 37.3 Å². The van der Waals surface area contributed by atoms with Gasteiger partial charge in [-0.05, 0) is 43.4 Å². The minimum absolute atomic E-state index is 0.0496. The molecule has 3 rings (SSSR count). The normalized spacial score (nSPS) is 21.6. The Morgan fingerprint density at radius 3 is 2.58 bits per heavy atom. The van der Waals surface area contributed by atoms with Gasteiger partial charge in [0.2, 0.25) is 5.91 Å². The smallest absolute Gasteiger partial charge is 0.257 e. The lowest BCUT2D eigenvalue weighted by atomic mass is 10.0. The van der Waals surface area contributed by atoms with Crippen molar-refractivity contribution in [2.45, 2.75) is 52.2 Å². The van der Waals surface area contributed by atoms with Gasteiger partial charge in [-0.15, -0.1) is 0 Å². The van der Waals surface area contributed by atoms with Crippen LogP contribution in [0.5, 0.6) is 5.75 Å². The van der Waals surface area contributed by atoms with Gasteiger partial charge in [0.05, 0.1) is 11.7 Å². The monoisotopic (exact) mass is 495 g/mol. The van der Waals surface area contributed by atoms with Crippen molar-refractivity contribution in [3.05, 3.63) is 59.7 Å². The molecule has 0 saturated carbocycles. The van der Waals surface area contributed by atoms with Crippen LogP contribution >= 0.6 is 0 Å². The molecule has 7 nitrogen and oxygen atoms in total. The standard InChI is InChI=1S/C29H41N3O4/c1-6-10-28(33)30-24-13-14-25-26(17-24)36-20-22(3)32(16-15-23-11-8-7-9-12-23)18-21(2)27(35-5)19-31(4)29(25)34/h7-9,11-14,17,21-22,27H,6,10,15-16,18-20H2,1-5H3,(H,30,33)/t21-,22+,27-/m0/s1. The third-order valence-corrected chi connectivity index (χ3v) is 6.87. The third kappa shape index (κ3) is 7.55. The Morgan fingerprint density at radius 1 is 1.14 bits per heavy atom. The molecular weight excluding hydrogens is 454 g/mol. The highest BCUT2D eigenvalue weighted by Gasteiger charge is 2.28. The zero-order valence-electron chi connectivity index (χ0n) is 22.3. The zero-order valence-corrected chi connectivity index (χ0v) is 22.3. The average molecular weight is 496 g/mol. The highest BCUT2D eigenvalue weighted by molar-refractivity contribution is 5.98. The molecule has 0 unspecified atom stereocenters. The van der Waals surface area contributed by atoms with Crippen LogP contribution in [0.4, 0.5) is 5.69 Å². The molecule has 0 aliphatic carbocycles. The van der Waals surface area contributed by atoms with Crippen LogP contribution in [0.25, 0.3) is 0 Å². The minimum atomic E-state index is -0.125. The quantitative estimate of drug-likeness (QED) is 0.614. The van der Waals surface area contributed by atoms with Crippen molar-refractivity contribution in [1.82, 2.24) is 9.80 Å². The summed E-state index contributed by atoms with van der Waals surface area (Å²) < 4.78 is 12.1. The fraction of sp³-hybridized carbons (Fsp3) is 0.517. The fourth-order valence-electron chi connectivity index (χ4n) is 4.60. The fourth-order valence-corrected chi connectivity index (χ4v) is 4.60. The van der Waals surface area contributed by atoms with E-state index in [1.165, 1.54) is 5.56 Å². The van der Waals surface area contributed by atoms with Gasteiger partial charge in [-0.25, -0.2) is 0 Å². The molecule has 0 saturated heterocycles. The molecule has 0 aromatic heterocycles. The van der Waals surface area contributed by atoms with Crippen LogP contribution in [0.2, 0.25) is 0 Å². The molecule has 1 aliphatic heterocycles. The minimum Gasteiger partial charge on any atom is -0.491 e. The Bertz CT molecular complexity index is 997. The molecule has 2 aromatic rings. The molecular formula is C29H41N3O4. The third-order valence-electron chi connectivity index (χ3n) is 6.87. The lowest BCUT2D eigenvalue weighted by Gasteiger charge is -2.36. The number of likely N-dealkylation sites (N-methyl/N-ethyl adjacent to an activating group) is 1. The van der Waals surface area contributed by atoms with Crippen LogP contribution in [-0.2, 0) is 16.0 Å². The Labute approximate surface area is 215 Å². The van der Waals surface area contributed by atoms with E-state index in [4.69, 9.17) is 9.47 Å². The number of fused-ring (bicyclic) bond motifs is 1. The summed E-state index contributed by atoms with van der Waals surface area (Å²) in [6.45, 7) is 8.93. The van der Waals surface area contributed by atoms with Crippen molar-refractivity contribution in [2.24, 2.45) is 5.92 Å². The number of hydrogen-bond donors (Lipinski definition) is 1. The number of carbonyl (C=O) groups is 2. The first-order valence-corrected chi connectivity index (χ1v) is 12.9. The predicted molar refractivity (Wildman–Crippen MR) is 144 cm³/mol. The van der Waals surface area contributed by atoms with E-state index in [2.05, 4.69) is 48.3 Å². The van der Waals surface area contributed by atoms with Crippen LogP contribution in [0, 0.1) is 5.92 Å². The van der Waals surface area contributed by atoms with E-state index in [-0.39, 0.29) is 29.9 Å². The first kappa shape index (κ1) is 27.7. The highest BCUT2D eigenvalue weighted by Crippen LogP contribution is 2.27. The van der Waals surface area contributed by atoms with Gasteiger partial charge >= 0.3 is 0 Å². The number of rotatable bonds is 7. The van der Waals surface area contributed by atoms with Crippen LogP contribution in [0.3, 0.4) is 0 Å². The zero-order chi connectivity index (χ0) is 26.1. The van der Waals surface area contributed by atoms with Gasteiger partial charge in [-0.3, -0.25) is 14.5 Å². The van der Waals surface area contributed by atoms with Crippen LogP contribution < -0.4 is 10.1 Å². The molecule has 36 heavy (non-hydrogen) atoms. The van der Waals surface area contributed by atoms with E-state index >= 15 is 0 Å². The van der Waals surface area contributed by atoms with Crippen LogP contribution in [0.15, 0.2) is 48.5 Å². The summed E-state index contributed by atoms with van der Waals surface area (Å²) in [7, 11) is 3.51. The van der Waals surface area contributed by atoms with E-state index in [0.29, 0.717) is 36.6 Å². The van der Waals surface area contributed by atoms with Crippen molar-refractivity contribution in [3.63, 3.8) is 0 Å². The molecule has 0 fully saturated rings. The number of benzene rings is 2. The maximum Gasteiger partial charge on any atom is 0.257 e. The maximum atomic E-state index is 13.4. The number of methoxy groups -OCH3 is 1. The first-order chi connectivity index (χ1) is 17.3. The van der Waals surface area contributed by atoms with Crippen molar-refractivity contribution in [1.29, 1.82) is 0 Å². The molecule has 2 amide bonds. The number of hydrogen-bond acceptors (Lipinski definition) is 5. The summed E-state index contributed by atoms with van der Waals surface area (Å²) in [5.41, 5.74) is 2.42. The van der Waals surface area contributed by atoms with E-state index in [1.807, 2.05) is 13.0 Å². The molecule has 0 radical (unpaired) electrons. The summed E-state index contributed by atoms with van der Waals surface area (Å²) >= 11 is 0. The van der Waals surface area contributed by atoms with Crippen LogP contribution in [-0.4, -0.2) is 74.2 Å². The summed E-state index contributed by atoms with van der Waals surface area (Å²) in [4.78, 5) is 29.6. The lowest BCUT2D eigenvalue weighted by Crippen LogP contribution is -2.47. The Hall–Kier alpha value is -2.90. The Kier molecular flexibility index (Phi) is 10.3. The van der Waals surface area contributed by atoms with Crippen molar-refractivity contribution >= 4 is 17.5 Å². The van der Waals surface area contributed by atoms with Gasteiger partial charge < -0.3 is 19.7 Å². The largest absolute Gasteiger partial charge is 0.491 e. The number of carbonyl (C=O) groups excluding carboxylic acids is 2. The predicted octanol–water partition coefficient (Wildman–Crippen LogP) is 4.47. The first-order valence-electron chi connectivity index (χ1n) is 12.9. The topological polar surface area (TPSA) is 71.1 Å². The number of ether oxygens (including phenoxy) is 2. The van der Waals surface area contributed by atoms with Crippen molar-refractivity contribution in [2.75, 3.05) is 45.7 Å². The Balaban J connectivity index is 1.87. The van der Waals surface area contributed by atoms with E-state index < -0.39 is 0 Å². The van der Waals surface area contributed by atoms with Gasteiger partial charge in [0.1, 0.15) is 12.4 Å². The average Bonchev–Trinajstić information content (AvgIpc) is 2.87. The molecule has 3 atom stereocenters. The summed E-state index contributed by atoms with van der Waals surface area (Å²) in [5.74, 6) is 0.531. The lowest BCUT2D eigenvalue weighted by molar-refractivity contribution is -0.116. The summed E-state index contributed by atoms with van der Waals surface area (Å²) in [5, 5.41) is 2.91. The second kappa shape index (κ2) is 13.4. The maximum absolute atomic E-state index is 13.4.